The van der Waals surface area contributed by atoms with Gasteiger partial charge in [0.2, 0.25) is 5.13 Å². The molecule has 0 spiro atoms. The molecular weight excluding hydrogens is 324 g/mol. The van der Waals surface area contributed by atoms with Crippen molar-refractivity contribution in [3.8, 4) is 10.6 Å². The van der Waals surface area contributed by atoms with Crippen molar-refractivity contribution in [3.05, 3.63) is 29.8 Å². The average Bonchev–Trinajstić information content (AvgIpc) is 3.04. The highest BCUT2D eigenvalue weighted by atomic mass is 32.1. The molecule has 0 saturated carbocycles. The third-order valence-corrected chi connectivity index (χ3v) is 4.91. The molecule has 0 radical (unpaired) electrons. The summed E-state index contributed by atoms with van der Waals surface area (Å²) in [5.74, 6) is 0.500. The normalized spacial score (nSPS) is 15.5. The molecule has 128 valence electrons. The number of amides is 2. The number of benzene rings is 1. The molecule has 2 aromatic rings. The monoisotopic (exact) mass is 346 g/mol. The van der Waals surface area contributed by atoms with Crippen molar-refractivity contribution in [2.24, 2.45) is 0 Å². The summed E-state index contributed by atoms with van der Waals surface area (Å²) < 4.78 is 5.28. The van der Waals surface area contributed by atoms with Crippen LogP contribution in [-0.4, -0.2) is 35.5 Å². The van der Waals surface area contributed by atoms with Gasteiger partial charge in [-0.3, -0.25) is 5.32 Å². The van der Waals surface area contributed by atoms with E-state index in [1.165, 1.54) is 16.9 Å². The summed E-state index contributed by atoms with van der Waals surface area (Å²) in [7, 11) is 0. The maximum absolute atomic E-state index is 12.0. The van der Waals surface area contributed by atoms with Crippen LogP contribution in [0, 0.1) is 0 Å². The fourth-order valence-corrected chi connectivity index (χ4v) is 3.31. The van der Waals surface area contributed by atoms with Gasteiger partial charge in [0, 0.05) is 24.8 Å². The topological polar surface area (TPSA) is 76.1 Å². The molecule has 6 nitrogen and oxygen atoms in total. The summed E-state index contributed by atoms with van der Waals surface area (Å²) in [5.41, 5.74) is 2.30. The first kappa shape index (κ1) is 16.9. The highest BCUT2D eigenvalue weighted by Crippen LogP contribution is 2.27. The van der Waals surface area contributed by atoms with Crippen LogP contribution in [-0.2, 0) is 4.74 Å². The first-order valence-corrected chi connectivity index (χ1v) is 9.02. The van der Waals surface area contributed by atoms with Crippen LogP contribution in [0.3, 0.4) is 0 Å². The molecule has 1 aromatic carbocycles. The second-order valence-electron chi connectivity index (χ2n) is 6.17. The second-order valence-corrected chi connectivity index (χ2v) is 7.15. The molecule has 0 atom stereocenters. The van der Waals surface area contributed by atoms with Gasteiger partial charge >= 0.3 is 6.03 Å². The van der Waals surface area contributed by atoms with Crippen LogP contribution in [0.5, 0.6) is 0 Å². The Balaban J connectivity index is 1.59. The first-order chi connectivity index (χ1) is 11.6. The number of hydrogen-bond donors (Lipinski definition) is 2. The van der Waals surface area contributed by atoms with E-state index < -0.39 is 0 Å². The molecular formula is C17H22N4O2S. The third kappa shape index (κ3) is 4.30. The van der Waals surface area contributed by atoms with Crippen LogP contribution in [0.25, 0.3) is 10.6 Å². The Morgan fingerprint density at radius 3 is 2.58 bits per heavy atom. The van der Waals surface area contributed by atoms with Crippen LogP contribution in [0.2, 0.25) is 0 Å². The van der Waals surface area contributed by atoms with Crippen molar-refractivity contribution in [3.63, 3.8) is 0 Å². The van der Waals surface area contributed by atoms with E-state index >= 15 is 0 Å². The van der Waals surface area contributed by atoms with Gasteiger partial charge in [-0.1, -0.05) is 49.4 Å². The minimum absolute atomic E-state index is 0.162. The zero-order valence-corrected chi connectivity index (χ0v) is 14.7. The average molecular weight is 346 g/mol. The number of nitrogens with one attached hydrogen (secondary N) is 2. The Morgan fingerprint density at radius 1 is 1.21 bits per heavy atom. The smallest absolute Gasteiger partial charge is 0.321 e. The van der Waals surface area contributed by atoms with Gasteiger partial charge in [0.1, 0.15) is 5.01 Å². The Morgan fingerprint density at radius 2 is 1.92 bits per heavy atom. The van der Waals surface area contributed by atoms with E-state index in [4.69, 9.17) is 4.74 Å². The number of nitrogens with zero attached hydrogens (tertiary/aromatic N) is 2. The van der Waals surface area contributed by atoms with Crippen molar-refractivity contribution >= 4 is 22.5 Å². The van der Waals surface area contributed by atoms with E-state index in [9.17, 15) is 4.79 Å². The van der Waals surface area contributed by atoms with Crippen LogP contribution in [0.15, 0.2) is 24.3 Å². The van der Waals surface area contributed by atoms with Gasteiger partial charge in [-0.05, 0) is 24.3 Å². The maximum Gasteiger partial charge on any atom is 0.321 e. The Kier molecular flexibility index (Phi) is 5.42. The van der Waals surface area contributed by atoms with Gasteiger partial charge in [0.15, 0.2) is 0 Å². The fraction of sp³-hybridized carbons (Fsp3) is 0.471. The predicted octanol–water partition coefficient (Wildman–Crippen LogP) is 3.63. The number of aromatic nitrogens is 2. The summed E-state index contributed by atoms with van der Waals surface area (Å²) in [6.45, 7) is 5.72. The Labute approximate surface area is 145 Å². The number of urea groups is 1. The largest absolute Gasteiger partial charge is 0.381 e. The van der Waals surface area contributed by atoms with Gasteiger partial charge in [-0.15, -0.1) is 10.2 Å². The second kappa shape index (κ2) is 7.72. The molecule has 24 heavy (non-hydrogen) atoms. The number of hydrogen-bond acceptors (Lipinski definition) is 5. The van der Waals surface area contributed by atoms with E-state index in [1.54, 1.807) is 0 Å². The number of rotatable bonds is 4. The van der Waals surface area contributed by atoms with Crippen LogP contribution >= 0.6 is 11.3 Å². The molecule has 1 saturated heterocycles. The number of carbonyl (C=O) groups is 1. The highest BCUT2D eigenvalue weighted by Gasteiger charge is 2.17. The zero-order chi connectivity index (χ0) is 16.9. The minimum Gasteiger partial charge on any atom is -0.381 e. The maximum atomic E-state index is 12.0. The molecule has 7 heteroatoms. The summed E-state index contributed by atoms with van der Waals surface area (Å²) in [4.78, 5) is 12.0. The van der Waals surface area contributed by atoms with Crippen molar-refractivity contribution in [2.45, 2.75) is 38.6 Å². The lowest BCUT2D eigenvalue weighted by Gasteiger charge is -2.22. The lowest BCUT2D eigenvalue weighted by atomic mass is 10.0. The van der Waals surface area contributed by atoms with E-state index in [-0.39, 0.29) is 12.1 Å². The molecule has 0 bridgehead atoms. The van der Waals surface area contributed by atoms with Crippen LogP contribution in [0.4, 0.5) is 9.93 Å². The minimum atomic E-state index is -0.236. The molecule has 1 aliphatic rings. The molecule has 1 fully saturated rings. The lowest BCUT2D eigenvalue weighted by molar-refractivity contribution is 0.0806. The summed E-state index contributed by atoms with van der Waals surface area (Å²) >= 11 is 1.37. The molecule has 3 rings (SSSR count). The predicted molar refractivity (Wildman–Crippen MR) is 95.4 cm³/mol. The van der Waals surface area contributed by atoms with Gasteiger partial charge in [-0.25, -0.2) is 4.79 Å². The van der Waals surface area contributed by atoms with Gasteiger partial charge in [0.25, 0.3) is 0 Å². The van der Waals surface area contributed by atoms with Gasteiger partial charge in [0.05, 0.1) is 0 Å². The highest BCUT2D eigenvalue weighted by molar-refractivity contribution is 7.18. The van der Waals surface area contributed by atoms with E-state index in [1.807, 2.05) is 12.1 Å². The summed E-state index contributed by atoms with van der Waals surface area (Å²) in [5, 5.41) is 15.2. The molecule has 2 N–H and O–H groups in total. The van der Waals surface area contributed by atoms with Crippen molar-refractivity contribution in [1.29, 1.82) is 0 Å². The zero-order valence-electron chi connectivity index (χ0n) is 13.9. The number of carbonyl (C=O) groups excluding carboxylic acids is 1. The Bertz CT molecular complexity index is 678. The quantitative estimate of drug-likeness (QED) is 0.886. The van der Waals surface area contributed by atoms with Crippen LogP contribution in [0.1, 0.15) is 38.2 Å². The summed E-state index contributed by atoms with van der Waals surface area (Å²) in [6, 6.07) is 8.22. The van der Waals surface area contributed by atoms with E-state index in [0.717, 1.165) is 23.4 Å². The Hall–Kier alpha value is -1.99. The number of ether oxygens (including phenoxy) is 1. The molecule has 2 heterocycles. The standard InChI is InChI=1S/C17H22N4O2S/c1-11(2)12-3-5-13(6-4-12)15-20-21-17(24-15)19-16(22)18-14-7-9-23-10-8-14/h3-6,11,14H,7-10H2,1-2H3,(H2,18,19,21,22). The SMILES string of the molecule is CC(C)c1ccc(-c2nnc(NC(=O)NC3CCOCC3)s2)cc1. The van der Waals surface area contributed by atoms with Crippen LogP contribution < -0.4 is 10.6 Å². The van der Waals surface area contributed by atoms with Gasteiger partial charge < -0.3 is 10.1 Å². The first-order valence-electron chi connectivity index (χ1n) is 8.21. The van der Waals surface area contributed by atoms with Crippen molar-refractivity contribution in [1.82, 2.24) is 15.5 Å². The van der Waals surface area contributed by atoms with Crippen molar-refractivity contribution < 1.29 is 9.53 Å². The molecule has 1 aromatic heterocycles. The third-order valence-electron chi connectivity index (χ3n) is 4.03. The van der Waals surface area contributed by atoms with E-state index in [0.29, 0.717) is 24.3 Å². The van der Waals surface area contributed by atoms with Crippen molar-refractivity contribution in [2.75, 3.05) is 18.5 Å². The fourth-order valence-electron chi connectivity index (χ4n) is 2.56. The van der Waals surface area contributed by atoms with E-state index in [2.05, 4.69) is 46.8 Å². The number of anilines is 1. The van der Waals surface area contributed by atoms with Gasteiger partial charge in [-0.2, -0.15) is 0 Å². The molecule has 1 aliphatic heterocycles. The molecule has 2 amide bonds. The summed E-state index contributed by atoms with van der Waals surface area (Å²) in [6.07, 6.45) is 1.69. The lowest BCUT2D eigenvalue weighted by Crippen LogP contribution is -2.41. The molecule has 0 aliphatic carbocycles. The molecule has 0 unspecified atom stereocenters.